The predicted octanol–water partition coefficient (Wildman–Crippen LogP) is 4.32. The maximum Gasteiger partial charge on any atom is 0.0850 e. The number of aromatic nitrogens is 2. The summed E-state index contributed by atoms with van der Waals surface area (Å²) in [4.78, 5) is 0. The van der Waals surface area contributed by atoms with Crippen molar-refractivity contribution < 1.29 is 0 Å². The van der Waals surface area contributed by atoms with E-state index in [-0.39, 0.29) is 6.04 Å². The minimum Gasteiger partial charge on any atom is -0.324 e. The van der Waals surface area contributed by atoms with Crippen LogP contribution in [0.4, 0.5) is 0 Å². The summed E-state index contributed by atoms with van der Waals surface area (Å²) < 4.78 is 1.95. The maximum absolute atomic E-state index is 6.45. The summed E-state index contributed by atoms with van der Waals surface area (Å²) in [6, 6.07) is 5.66. The summed E-state index contributed by atoms with van der Waals surface area (Å²) in [5, 5.41) is 5.99. The lowest BCUT2D eigenvalue weighted by molar-refractivity contribution is 0.584. The van der Waals surface area contributed by atoms with Crippen LogP contribution < -0.4 is 5.73 Å². The highest BCUT2D eigenvalue weighted by atomic mass is 35.5. The Morgan fingerprint density at radius 3 is 2.62 bits per heavy atom. The van der Waals surface area contributed by atoms with Gasteiger partial charge in [0.2, 0.25) is 0 Å². The van der Waals surface area contributed by atoms with Crippen molar-refractivity contribution in [1.82, 2.24) is 9.78 Å². The third-order valence-electron chi connectivity index (χ3n) is 3.75. The van der Waals surface area contributed by atoms with Crippen LogP contribution in [-0.2, 0) is 19.4 Å². The fraction of sp³-hybridized carbons (Fsp3) is 0.438. The number of nitrogens with two attached hydrogens (primary N) is 1. The van der Waals surface area contributed by atoms with Crippen LogP contribution in [0, 0.1) is 6.92 Å². The Labute approximate surface area is 136 Å². The normalized spacial score (nSPS) is 12.7. The van der Waals surface area contributed by atoms with Crippen molar-refractivity contribution in [1.29, 1.82) is 0 Å². The molecule has 1 aromatic carbocycles. The zero-order chi connectivity index (χ0) is 15.6. The van der Waals surface area contributed by atoms with Crippen molar-refractivity contribution in [3.05, 3.63) is 50.8 Å². The quantitative estimate of drug-likeness (QED) is 0.889. The summed E-state index contributed by atoms with van der Waals surface area (Å²) in [6.07, 6.45) is 1.48. The molecule has 0 aliphatic carbocycles. The number of halogens is 2. The smallest absolute Gasteiger partial charge is 0.0850 e. The predicted molar refractivity (Wildman–Crippen MR) is 89.1 cm³/mol. The van der Waals surface area contributed by atoms with E-state index in [0.717, 1.165) is 40.5 Å². The molecule has 114 valence electrons. The average Bonchev–Trinajstić information content (AvgIpc) is 2.77. The van der Waals surface area contributed by atoms with Crippen LogP contribution in [0.5, 0.6) is 0 Å². The first kappa shape index (κ1) is 16.3. The standard InChI is InChI=1S/C16H21Cl2N3/c1-4-14-16(18)15(21(5-2)20-14)9-13(19)12-8-11(17)7-6-10(12)3/h6-8,13H,4-5,9,19H2,1-3H3. The highest BCUT2D eigenvalue weighted by molar-refractivity contribution is 6.32. The Balaban J connectivity index is 2.33. The Hall–Kier alpha value is -1.03. The number of benzene rings is 1. The molecule has 0 fully saturated rings. The molecule has 0 saturated heterocycles. The van der Waals surface area contributed by atoms with Gasteiger partial charge >= 0.3 is 0 Å². The lowest BCUT2D eigenvalue weighted by Crippen LogP contribution is -2.17. The van der Waals surface area contributed by atoms with Crippen LogP contribution >= 0.6 is 23.2 Å². The van der Waals surface area contributed by atoms with Gasteiger partial charge in [0.15, 0.2) is 0 Å². The van der Waals surface area contributed by atoms with Gasteiger partial charge in [-0.1, -0.05) is 36.2 Å². The Morgan fingerprint density at radius 1 is 1.29 bits per heavy atom. The molecule has 3 nitrogen and oxygen atoms in total. The van der Waals surface area contributed by atoms with Crippen molar-refractivity contribution >= 4 is 23.2 Å². The summed E-state index contributed by atoms with van der Waals surface area (Å²) in [5.41, 5.74) is 10.5. The molecular formula is C16H21Cl2N3. The van der Waals surface area contributed by atoms with Gasteiger partial charge < -0.3 is 5.73 Å². The van der Waals surface area contributed by atoms with Gasteiger partial charge in [0.25, 0.3) is 0 Å². The van der Waals surface area contributed by atoms with Gasteiger partial charge in [-0.2, -0.15) is 5.10 Å². The summed E-state index contributed by atoms with van der Waals surface area (Å²) in [7, 11) is 0. The Bertz CT molecular complexity index is 635. The number of rotatable bonds is 5. The van der Waals surface area contributed by atoms with Gasteiger partial charge in [0.1, 0.15) is 0 Å². The third kappa shape index (κ3) is 3.42. The zero-order valence-electron chi connectivity index (χ0n) is 12.7. The van der Waals surface area contributed by atoms with Gasteiger partial charge in [-0.05, 0) is 43.5 Å². The molecule has 1 aromatic heterocycles. The number of nitrogens with zero attached hydrogens (tertiary/aromatic N) is 2. The van der Waals surface area contributed by atoms with E-state index in [0.29, 0.717) is 11.4 Å². The third-order valence-corrected chi connectivity index (χ3v) is 4.42. The fourth-order valence-corrected chi connectivity index (χ4v) is 3.07. The number of aryl methyl sites for hydroxylation is 3. The Morgan fingerprint density at radius 2 is 2.00 bits per heavy atom. The van der Waals surface area contributed by atoms with Crippen LogP contribution in [-0.4, -0.2) is 9.78 Å². The van der Waals surface area contributed by atoms with Crippen LogP contribution in [0.15, 0.2) is 18.2 Å². The molecule has 0 aliphatic rings. The largest absolute Gasteiger partial charge is 0.324 e. The molecule has 2 N–H and O–H groups in total. The molecule has 0 radical (unpaired) electrons. The minimum atomic E-state index is -0.145. The second kappa shape index (κ2) is 6.82. The van der Waals surface area contributed by atoms with Gasteiger partial charge in [-0.3, -0.25) is 4.68 Å². The second-order valence-corrected chi connectivity index (χ2v) is 6.00. The van der Waals surface area contributed by atoms with E-state index < -0.39 is 0 Å². The Kier molecular flexibility index (Phi) is 5.31. The molecule has 5 heteroatoms. The molecule has 2 rings (SSSR count). The van der Waals surface area contributed by atoms with Crippen molar-refractivity contribution in [3.63, 3.8) is 0 Å². The molecule has 0 spiro atoms. The average molecular weight is 326 g/mol. The van der Waals surface area contributed by atoms with Gasteiger partial charge in [-0.25, -0.2) is 0 Å². The monoisotopic (exact) mass is 325 g/mol. The highest BCUT2D eigenvalue weighted by Gasteiger charge is 2.19. The topological polar surface area (TPSA) is 43.8 Å². The lowest BCUT2D eigenvalue weighted by atomic mass is 9.98. The van der Waals surface area contributed by atoms with E-state index in [1.807, 2.05) is 29.8 Å². The van der Waals surface area contributed by atoms with Crippen LogP contribution in [0.1, 0.15) is 42.4 Å². The molecule has 1 atom stereocenters. The van der Waals surface area contributed by atoms with Crippen molar-refractivity contribution in [2.45, 2.75) is 46.2 Å². The maximum atomic E-state index is 6.45. The number of hydrogen-bond acceptors (Lipinski definition) is 2. The second-order valence-electron chi connectivity index (χ2n) is 5.19. The van der Waals surface area contributed by atoms with Crippen molar-refractivity contribution in [2.24, 2.45) is 5.73 Å². The van der Waals surface area contributed by atoms with E-state index in [9.17, 15) is 0 Å². The minimum absolute atomic E-state index is 0.145. The summed E-state index contributed by atoms with van der Waals surface area (Å²) >= 11 is 12.5. The molecule has 0 amide bonds. The molecule has 0 aliphatic heterocycles. The van der Waals surface area contributed by atoms with E-state index in [2.05, 4.69) is 18.9 Å². The lowest BCUT2D eigenvalue weighted by Gasteiger charge is -2.16. The van der Waals surface area contributed by atoms with E-state index in [1.165, 1.54) is 0 Å². The van der Waals surface area contributed by atoms with Gasteiger partial charge in [0.05, 0.1) is 16.4 Å². The molecule has 2 aromatic rings. The van der Waals surface area contributed by atoms with Gasteiger partial charge in [0, 0.05) is 24.0 Å². The summed E-state index contributed by atoms with van der Waals surface area (Å²) in [6.45, 7) is 6.94. The first-order valence-corrected chi connectivity index (χ1v) is 7.99. The highest BCUT2D eigenvalue weighted by Crippen LogP contribution is 2.28. The zero-order valence-corrected chi connectivity index (χ0v) is 14.2. The fourth-order valence-electron chi connectivity index (χ4n) is 2.54. The molecule has 0 saturated carbocycles. The van der Waals surface area contributed by atoms with Crippen molar-refractivity contribution in [2.75, 3.05) is 0 Å². The van der Waals surface area contributed by atoms with E-state index in [1.54, 1.807) is 0 Å². The SMILES string of the molecule is CCc1nn(CC)c(CC(N)c2cc(Cl)ccc2C)c1Cl. The molecule has 0 bridgehead atoms. The number of hydrogen-bond donors (Lipinski definition) is 1. The summed E-state index contributed by atoms with van der Waals surface area (Å²) in [5.74, 6) is 0. The first-order chi connectivity index (χ1) is 9.97. The van der Waals surface area contributed by atoms with E-state index >= 15 is 0 Å². The molecular weight excluding hydrogens is 305 g/mol. The first-order valence-electron chi connectivity index (χ1n) is 7.23. The van der Waals surface area contributed by atoms with Crippen molar-refractivity contribution in [3.8, 4) is 0 Å². The van der Waals surface area contributed by atoms with Crippen LogP contribution in [0.3, 0.4) is 0 Å². The van der Waals surface area contributed by atoms with Gasteiger partial charge in [-0.15, -0.1) is 0 Å². The molecule has 21 heavy (non-hydrogen) atoms. The molecule has 1 unspecified atom stereocenters. The van der Waals surface area contributed by atoms with Crippen LogP contribution in [0.2, 0.25) is 10.0 Å². The van der Waals surface area contributed by atoms with Crippen LogP contribution in [0.25, 0.3) is 0 Å². The molecule has 1 heterocycles. The van der Waals surface area contributed by atoms with E-state index in [4.69, 9.17) is 28.9 Å².